The maximum Gasteiger partial charge on any atom is 0.0503 e. The van der Waals surface area contributed by atoms with Gasteiger partial charge in [0.25, 0.3) is 0 Å². The summed E-state index contributed by atoms with van der Waals surface area (Å²) in [5.74, 6) is 0. The zero-order chi connectivity index (χ0) is 30.1. The summed E-state index contributed by atoms with van der Waals surface area (Å²) >= 11 is 0. The van der Waals surface area contributed by atoms with E-state index in [1.54, 1.807) is 5.57 Å². The average Bonchev–Trinajstić information content (AvgIpc) is 3.27. The molecule has 2 aliphatic carbocycles. The van der Waals surface area contributed by atoms with Crippen molar-refractivity contribution in [3.8, 4) is 0 Å². The highest BCUT2D eigenvalue weighted by atomic mass is 15.2. The Kier molecular flexibility index (Phi) is 6.00. The van der Waals surface area contributed by atoms with Gasteiger partial charge >= 0.3 is 0 Å². The van der Waals surface area contributed by atoms with E-state index in [9.17, 15) is 0 Å². The molecule has 0 bridgehead atoms. The molecule has 8 rings (SSSR count). The van der Waals surface area contributed by atoms with Crippen LogP contribution in [0.5, 0.6) is 0 Å². The maximum absolute atomic E-state index is 3.49. The number of rotatable bonds is 4. The molecule has 1 aliphatic heterocycles. The third-order valence-electron chi connectivity index (χ3n) is 10.2. The molecule has 0 unspecified atom stereocenters. The van der Waals surface area contributed by atoms with Crippen molar-refractivity contribution in [3.63, 3.8) is 0 Å². The van der Waals surface area contributed by atoms with Crippen LogP contribution in [0.1, 0.15) is 68.4 Å². The zero-order valence-corrected chi connectivity index (χ0v) is 26.0. The van der Waals surface area contributed by atoms with Crippen LogP contribution in [0, 0.1) is 0 Å². The van der Waals surface area contributed by atoms with Gasteiger partial charge in [-0.05, 0) is 106 Å². The number of hydrogen-bond donors (Lipinski definition) is 1. The van der Waals surface area contributed by atoms with E-state index in [-0.39, 0.29) is 10.8 Å². The van der Waals surface area contributed by atoms with Gasteiger partial charge in [-0.2, -0.15) is 0 Å². The van der Waals surface area contributed by atoms with Gasteiger partial charge in [0, 0.05) is 28.4 Å². The highest BCUT2D eigenvalue weighted by Gasteiger charge is 2.40. The van der Waals surface area contributed by atoms with Crippen LogP contribution in [0.25, 0.3) is 22.4 Å². The fraction of sp³-hybridized carbons (Fsp3) is 0.190. The molecule has 0 radical (unpaired) electrons. The summed E-state index contributed by atoms with van der Waals surface area (Å²) in [6.07, 6.45) is 11.2. The van der Waals surface area contributed by atoms with E-state index in [4.69, 9.17) is 0 Å². The molecule has 1 N–H and O–H groups in total. The van der Waals surface area contributed by atoms with E-state index in [0.29, 0.717) is 0 Å². The topological polar surface area (TPSA) is 15.3 Å². The molecular weight excluding hydrogens is 532 g/mol. The molecule has 5 aromatic rings. The first-order valence-corrected chi connectivity index (χ1v) is 15.8. The second kappa shape index (κ2) is 9.86. The van der Waals surface area contributed by atoms with E-state index in [0.717, 1.165) is 18.5 Å². The minimum Gasteiger partial charge on any atom is -0.362 e. The Hall–Kier alpha value is -4.82. The number of nitrogens with zero attached hydrogens (tertiary/aromatic N) is 1. The van der Waals surface area contributed by atoms with Crippen molar-refractivity contribution < 1.29 is 0 Å². The van der Waals surface area contributed by atoms with Gasteiger partial charge in [0.2, 0.25) is 0 Å². The Morgan fingerprint density at radius 2 is 1.48 bits per heavy atom. The van der Waals surface area contributed by atoms with Crippen LogP contribution in [0.4, 0.5) is 22.7 Å². The Balaban J connectivity index is 1.18. The van der Waals surface area contributed by atoms with Crippen molar-refractivity contribution in [2.24, 2.45) is 0 Å². The van der Waals surface area contributed by atoms with Crippen molar-refractivity contribution >= 4 is 45.2 Å². The molecule has 0 spiro atoms. The SMILES string of the molecule is CC1(C)C2=C(C=CCC2)c2ccc(N3c4ccccc4C(C)(C)c4cc(/C=C/Nc5ccc6ccccc6c5)ccc43)cc21. The Labute approximate surface area is 261 Å². The second-order valence-corrected chi connectivity index (χ2v) is 13.5. The van der Waals surface area contributed by atoms with E-state index in [2.05, 4.69) is 165 Å². The van der Waals surface area contributed by atoms with Crippen LogP contribution in [-0.2, 0) is 10.8 Å². The average molecular weight is 571 g/mol. The third kappa shape index (κ3) is 4.08. The summed E-state index contributed by atoms with van der Waals surface area (Å²) in [5, 5.41) is 5.98. The number of hydrogen-bond acceptors (Lipinski definition) is 2. The van der Waals surface area contributed by atoms with Crippen LogP contribution in [0.15, 0.2) is 127 Å². The van der Waals surface area contributed by atoms with E-state index in [1.807, 2.05) is 0 Å². The minimum absolute atomic E-state index is 0.0372. The predicted molar refractivity (Wildman–Crippen MR) is 188 cm³/mol. The molecule has 0 atom stereocenters. The number of nitrogens with one attached hydrogen (secondary N) is 1. The van der Waals surface area contributed by atoms with Crippen LogP contribution in [0.2, 0.25) is 0 Å². The molecule has 0 fully saturated rings. The summed E-state index contributed by atoms with van der Waals surface area (Å²) in [5.41, 5.74) is 14.5. The maximum atomic E-state index is 3.49. The first-order chi connectivity index (χ1) is 21.3. The summed E-state index contributed by atoms with van der Waals surface area (Å²) in [7, 11) is 0. The van der Waals surface area contributed by atoms with Crippen LogP contribution < -0.4 is 10.2 Å². The molecular formula is C42H38N2. The molecule has 0 saturated heterocycles. The Bertz CT molecular complexity index is 2050. The first kappa shape index (κ1) is 26.8. The summed E-state index contributed by atoms with van der Waals surface area (Å²) in [4.78, 5) is 2.49. The van der Waals surface area contributed by atoms with Gasteiger partial charge in [0.05, 0.1) is 11.4 Å². The second-order valence-electron chi connectivity index (χ2n) is 13.5. The number of para-hydroxylation sites is 1. The fourth-order valence-electron chi connectivity index (χ4n) is 7.77. The highest BCUT2D eigenvalue weighted by molar-refractivity contribution is 5.91. The third-order valence-corrected chi connectivity index (χ3v) is 10.2. The number of fused-ring (bicyclic) bond motifs is 5. The number of benzene rings is 5. The molecule has 2 nitrogen and oxygen atoms in total. The van der Waals surface area contributed by atoms with Gasteiger partial charge < -0.3 is 10.2 Å². The van der Waals surface area contributed by atoms with Crippen LogP contribution in [-0.4, -0.2) is 0 Å². The molecule has 1 heterocycles. The lowest BCUT2D eigenvalue weighted by atomic mass is 9.73. The minimum atomic E-state index is -0.139. The summed E-state index contributed by atoms with van der Waals surface area (Å²) in [6.45, 7) is 9.53. The van der Waals surface area contributed by atoms with Gasteiger partial charge in [0.15, 0.2) is 0 Å². The van der Waals surface area contributed by atoms with Gasteiger partial charge in [-0.15, -0.1) is 0 Å². The lowest BCUT2D eigenvalue weighted by Crippen LogP contribution is -2.30. The molecule has 0 saturated carbocycles. The van der Waals surface area contributed by atoms with E-state index < -0.39 is 0 Å². The zero-order valence-electron chi connectivity index (χ0n) is 26.0. The van der Waals surface area contributed by atoms with E-state index in [1.165, 1.54) is 61.2 Å². The molecule has 2 heteroatoms. The number of allylic oxidation sites excluding steroid dienone is 4. The van der Waals surface area contributed by atoms with Gasteiger partial charge in [-0.3, -0.25) is 0 Å². The fourth-order valence-corrected chi connectivity index (χ4v) is 7.77. The largest absolute Gasteiger partial charge is 0.362 e. The molecule has 5 aromatic carbocycles. The van der Waals surface area contributed by atoms with Crippen molar-refractivity contribution in [1.82, 2.24) is 0 Å². The molecule has 3 aliphatic rings. The highest BCUT2D eigenvalue weighted by Crippen LogP contribution is 2.55. The lowest BCUT2D eigenvalue weighted by Gasteiger charge is -2.42. The van der Waals surface area contributed by atoms with Crippen molar-refractivity contribution in [2.75, 3.05) is 10.2 Å². The first-order valence-electron chi connectivity index (χ1n) is 15.8. The summed E-state index contributed by atoms with van der Waals surface area (Å²) < 4.78 is 0. The molecule has 216 valence electrons. The normalized spacial score (nSPS) is 17.4. The van der Waals surface area contributed by atoms with Gasteiger partial charge in [-0.25, -0.2) is 0 Å². The molecule has 0 amide bonds. The quantitative estimate of drug-likeness (QED) is 0.231. The monoisotopic (exact) mass is 570 g/mol. The predicted octanol–water partition coefficient (Wildman–Crippen LogP) is 11.4. The molecule has 44 heavy (non-hydrogen) atoms. The Morgan fingerprint density at radius 1 is 0.682 bits per heavy atom. The molecule has 0 aromatic heterocycles. The van der Waals surface area contributed by atoms with E-state index >= 15 is 0 Å². The van der Waals surface area contributed by atoms with Crippen LogP contribution in [0.3, 0.4) is 0 Å². The Morgan fingerprint density at radius 3 is 2.36 bits per heavy atom. The summed E-state index contributed by atoms with van der Waals surface area (Å²) in [6, 6.07) is 38.0. The van der Waals surface area contributed by atoms with Crippen molar-refractivity contribution in [1.29, 1.82) is 0 Å². The number of anilines is 4. The lowest BCUT2D eigenvalue weighted by molar-refractivity contribution is 0.607. The van der Waals surface area contributed by atoms with Crippen molar-refractivity contribution in [2.45, 2.75) is 51.4 Å². The van der Waals surface area contributed by atoms with Gasteiger partial charge in [-0.1, -0.05) is 106 Å². The van der Waals surface area contributed by atoms with Crippen molar-refractivity contribution in [3.05, 3.63) is 155 Å². The standard InChI is InChI=1S/C42H38N2/c1-41(2)35-14-8-7-13-33(35)34-21-20-32(27-37(34)41)44-39-16-10-9-15-36(39)42(3,4)38-25-28(17-22-40(38)44)23-24-43-31-19-18-29-11-5-6-12-30(29)26-31/h5-7,9-13,15-27,43H,8,14H2,1-4H3/b24-23+. The van der Waals surface area contributed by atoms with Gasteiger partial charge in [0.1, 0.15) is 0 Å². The van der Waals surface area contributed by atoms with Crippen LogP contribution >= 0.6 is 0 Å². The smallest absolute Gasteiger partial charge is 0.0503 e.